The van der Waals surface area contributed by atoms with E-state index in [1.165, 1.54) is 18.4 Å². The molecule has 0 saturated heterocycles. The molecule has 30 heavy (non-hydrogen) atoms. The summed E-state index contributed by atoms with van der Waals surface area (Å²) in [6.45, 7) is 6.02. The maximum Gasteiger partial charge on any atom is 0.295 e. The van der Waals surface area contributed by atoms with Gasteiger partial charge in [-0.05, 0) is 37.3 Å². The molecule has 0 aliphatic heterocycles. The van der Waals surface area contributed by atoms with Crippen molar-refractivity contribution in [2.45, 2.75) is 31.8 Å². The highest BCUT2D eigenvalue weighted by Gasteiger charge is 2.20. The summed E-state index contributed by atoms with van der Waals surface area (Å²) in [5, 5.41) is 0.846. The summed E-state index contributed by atoms with van der Waals surface area (Å²) in [5.74, 6) is 0.934. The fraction of sp³-hybridized carbons (Fsp3) is 0.190. The summed E-state index contributed by atoms with van der Waals surface area (Å²) in [7, 11) is -3.80. The van der Waals surface area contributed by atoms with Gasteiger partial charge in [0.15, 0.2) is 0 Å². The van der Waals surface area contributed by atoms with Crippen LogP contribution < -0.4 is 4.72 Å². The van der Waals surface area contributed by atoms with E-state index < -0.39 is 10.0 Å². The Morgan fingerprint density at radius 2 is 1.93 bits per heavy atom. The third kappa shape index (κ3) is 4.12. The smallest absolute Gasteiger partial charge is 0.295 e. The number of sulfonamides is 1. The topological polar surface area (TPSA) is 98.0 Å². The highest BCUT2D eigenvalue weighted by molar-refractivity contribution is 7.92. The molecule has 0 unspecified atom stereocenters. The van der Waals surface area contributed by atoms with Crippen LogP contribution in [-0.4, -0.2) is 23.4 Å². The second-order valence-corrected chi connectivity index (χ2v) is 9.64. The Kier molecular flexibility index (Phi) is 5.40. The molecule has 0 bridgehead atoms. The first kappa shape index (κ1) is 20.2. The number of benzene rings is 1. The highest BCUT2D eigenvalue weighted by Crippen LogP contribution is 2.39. The molecule has 0 saturated carbocycles. The Morgan fingerprint density at radius 1 is 1.10 bits per heavy atom. The third-order valence-electron chi connectivity index (χ3n) is 4.29. The zero-order chi connectivity index (χ0) is 21.3. The number of hydrogen-bond acceptors (Lipinski definition) is 7. The van der Waals surface area contributed by atoms with E-state index in [4.69, 9.17) is 9.40 Å². The summed E-state index contributed by atoms with van der Waals surface area (Å²) >= 11 is 1.59. The van der Waals surface area contributed by atoms with Gasteiger partial charge in [0.25, 0.3) is 10.0 Å². The molecule has 0 fully saturated rings. The maximum absolute atomic E-state index is 12.5. The van der Waals surface area contributed by atoms with Crippen molar-refractivity contribution in [3.63, 3.8) is 0 Å². The van der Waals surface area contributed by atoms with Crippen molar-refractivity contribution in [1.29, 1.82) is 0 Å². The van der Waals surface area contributed by atoms with E-state index in [0.717, 1.165) is 26.8 Å². The van der Waals surface area contributed by atoms with Crippen molar-refractivity contribution in [1.82, 2.24) is 15.0 Å². The molecule has 0 aliphatic rings. The number of aryl methyl sites for hydroxylation is 1. The Balaban J connectivity index is 1.77. The standard InChI is InChI=1S/C21H20N4O3S2/c1-13(2)21-24-19(20(29-21)17-9-10-22-14(3)23-17)15-6-4-7-16(12-15)25-30(26,27)18-8-5-11-28-18/h4-13,25H,1-3H3. The lowest BCUT2D eigenvalue weighted by Crippen LogP contribution is -2.12. The number of furan rings is 1. The highest BCUT2D eigenvalue weighted by atomic mass is 32.2. The van der Waals surface area contributed by atoms with Gasteiger partial charge in [0.2, 0.25) is 5.09 Å². The molecule has 1 N–H and O–H groups in total. The van der Waals surface area contributed by atoms with Crippen LogP contribution in [0.4, 0.5) is 5.69 Å². The van der Waals surface area contributed by atoms with E-state index in [9.17, 15) is 8.42 Å². The second kappa shape index (κ2) is 8.00. The Bertz CT molecular complexity index is 1280. The third-order valence-corrected chi connectivity index (χ3v) is 6.94. The summed E-state index contributed by atoms with van der Waals surface area (Å²) in [6, 6.07) is 11.9. The summed E-state index contributed by atoms with van der Waals surface area (Å²) in [4.78, 5) is 14.5. The molecule has 0 atom stereocenters. The molecule has 4 aromatic rings. The molecule has 0 aliphatic carbocycles. The van der Waals surface area contributed by atoms with Crippen LogP contribution in [0.2, 0.25) is 0 Å². The number of nitrogens with zero attached hydrogens (tertiary/aromatic N) is 3. The van der Waals surface area contributed by atoms with Crippen molar-refractivity contribution in [3.8, 4) is 21.8 Å². The molecule has 3 heterocycles. The van der Waals surface area contributed by atoms with Crippen molar-refractivity contribution < 1.29 is 12.8 Å². The molecule has 9 heteroatoms. The lowest BCUT2D eigenvalue weighted by molar-refractivity contribution is 0.452. The number of anilines is 1. The molecule has 3 aromatic heterocycles. The molecule has 4 rings (SSSR count). The molecular weight excluding hydrogens is 420 g/mol. The average molecular weight is 441 g/mol. The first-order chi connectivity index (χ1) is 14.3. The number of hydrogen-bond donors (Lipinski definition) is 1. The van der Waals surface area contributed by atoms with Crippen molar-refractivity contribution in [3.05, 3.63) is 65.8 Å². The Morgan fingerprint density at radius 3 is 2.63 bits per heavy atom. The lowest BCUT2D eigenvalue weighted by atomic mass is 10.1. The van der Waals surface area contributed by atoms with E-state index in [1.54, 1.807) is 35.7 Å². The van der Waals surface area contributed by atoms with Crippen LogP contribution in [0.15, 0.2) is 64.4 Å². The zero-order valence-electron chi connectivity index (χ0n) is 16.7. The van der Waals surface area contributed by atoms with Crippen LogP contribution in [0.1, 0.15) is 30.6 Å². The number of thiazole rings is 1. The lowest BCUT2D eigenvalue weighted by Gasteiger charge is -2.08. The van der Waals surface area contributed by atoms with E-state index in [2.05, 4.69) is 28.5 Å². The van der Waals surface area contributed by atoms with E-state index in [1.807, 2.05) is 19.1 Å². The molecule has 154 valence electrons. The van der Waals surface area contributed by atoms with Crippen LogP contribution in [0.25, 0.3) is 21.8 Å². The maximum atomic E-state index is 12.5. The number of aromatic nitrogens is 3. The van der Waals surface area contributed by atoms with Gasteiger partial charge in [-0.15, -0.1) is 11.3 Å². The van der Waals surface area contributed by atoms with Gasteiger partial charge in [-0.1, -0.05) is 26.0 Å². The van der Waals surface area contributed by atoms with Gasteiger partial charge in [-0.2, -0.15) is 8.42 Å². The van der Waals surface area contributed by atoms with Crippen LogP contribution >= 0.6 is 11.3 Å². The summed E-state index contributed by atoms with van der Waals surface area (Å²) < 4.78 is 32.6. The quantitative estimate of drug-likeness (QED) is 0.448. The van der Waals surface area contributed by atoms with Crippen LogP contribution in [0.5, 0.6) is 0 Å². The summed E-state index contributed by atoms with van der Waals surface area (Å²) in [5.41, 5.74) is 2.78. The van der Waals surface area contributed by atoms with Crippen LogP contribution in [0.3, 0.4) is 0 Å². The zero-order valence-corrected chi connectivity index (χ0v) is 18.3. The van der Waals surface area contributed by atoms with Gasteiger partial charge in [-0.25, -0.2) is 15.0 Å². The SMILES string of the molecule is Cc1nccc(-c2sc(C(C)C)nc2-c2cccc(NS(=O)(=O)c3ccco3)c2)n1. The summed E-state index contributed by atoms with van der Waals surface area (Å²) in [6.07, 6.45) is 3.05. The second-order valence-electron chi connectivity index (χ2n) is 6.99. The van der Waals surface area contributed by atoms with E-state index >= 15 is 0 Å². The minimum atomic E-state index is -3.80. The molecule has 0 spiro atoms. The van der Waals surface area contributed by atoms with Gasteiger partial charge in [0, 0.05) is 23.4 Å². The van der Waals surface area contributed by atoms with Gasteiger partial charge in [-0.3, -0.25) is 4.72 Å². The largest absolute Gasteiger partial charge is 0.451 e. The molecular formula is C21H20N4O3S2. The Hall–Kier alpha value is -3.04. The van der Waals surface area contributed by atoms with Gasteiger partial charge in [0.1, 0.15) is 5.82 Å². The van der Waals surface area contributed by atoms with Gasteiger partial charge < -0.3 is 4.42 Å². The molecule has 7 nitrogen and oxygen atoms in total. The van der Waals surface area contributed by atoms with Gasteiger partial charge >= 0.3 is 0 Å². The fourth-order valence-electron chi connectivity index (χ4n) is 2.89. The predicted molar refractivity (Wildman–Crippen MR) is 117 cm³/mol. The molecule has 0 radical (unpaired) electrons. The average Bonchev–Trinajstić information content (AvgIpc) is 3.39. The minimum Gasteiger partial charge on any atom is -0.451 e. The molecule has 1 aromatic carbocycles. The van der Waals surface area contributed by atoms with Gasteiger partial charge in [0.05, 0.1) is 27.5 Å². The van der Waals surface area contributed by atoms with E-state index in [-0.39, 0.29) is 11.0 Å². The first-order valence-corrected chi connectivity index (χ1v) is 11.6. The van der Waals surface area contributed by atoms with Crippen LogP contribution in [0, 0.1) is 6.92 Å². The van der Waals surface area contributed by atoms with Crippen molar-refractivity contribution in [2.75, 3.05) is 4.72 Å². The fourth-order valence-corrected chi connectivity index (χ4v) is 4.93. The Labute approximate surface area is 178 Å². The van der Waals surface area contributed by atoms with E-state index in [0.29, 0.717) is 11.5 Å². The molecule has 0 amide bonds. The number of rotatable bonds is 6. The monoisotopic (exact) mass is 440 g/mol. The van der Waals surface area contributed by atoms with Crippen LogP contribution in [-0.2, 0) is 10.0 Å². The van der Waals surface area contributed by atoms with Crippen molar-refractivity contribution in [2.24, 2.45) is 0 Å². The minimum absolute atomic E-state index is 0.138. The number of nitrogens with one attached hydrogen (secondary N) is 1. The normalized spacial score (nSPS) is 11.7. The first-order valence-electron chi connectivity index (χ1n) is 9.31. The predicted octanol–water partition coefficient (Wildman–Crippen LogP) is 5.09. The van der Waals surface area contributed by atoms with Crippen molar-refractivity contribution >= 4 is 27.0 Å².